The maximum Gasteiger partial charge on any atom is 0.337 e. The fraction of sp³-hybridized carbons (Fsp3) is 0.222. The van der Waals surface area contributed by atoms with Gasteiger partial charge in [-0.25, -0.2) is 4.79 Å². The topological polar surface area (TPSA) is 83.1 Å². The SMILES string of the molecule is COC(=O)c1ccc(OC)c(NC(=O)c2ccc3c(c2)OCCO3)c1. The van der Waals surface area contributed by atoms with E-state index in [0.29, 0.717) is 47.3 Å². The van der Waals surface area contributed by atoms with Crippen LogP contribution >= 0.6 is 0 Å². The van der Waals surface area contributed by atoms with Crippen LogP contribution in [0.25, 0.3) is 0 Å². The summed E-state index contributed by atoms with van der Waals surface area (Å²) in [6, 6.07) is 9.59. The molecule has 3 rings (SSSR count). The maximum atomic E-state index is 12.5. The molecule has 2 aromatic rings. The zero-order valence-corrected chi connectivity index (χ0v) is 13.8. The zero-order chi connectivity index (χ0) is 17.8. The van der Waals surface area contributed by atoms with Crippen molar-refractivity contribution in [1.29, 1.82) is 0 Å². The molecule has 0 fully saturated rings. The Hall–Kier alpha value is -3.22. The molecular weight excluding hydrogens is 326 g/mol. The van der Waals surface area contributed by atoms with Crippen molar-refractivity contribution < 1.29 is 28.5 Å². The first-order valence-corrected chi connectivity index (χ1v) is 7.59. The lowest BCUT2D eigenvalue weighted by molar-refractivity contribution is 0.0600. The van der Waals surface area contributed by atoms with Crippen LogP contribution in [-0.4, -0.2) is 39.3 Å². The first kappa shape index (κ1) is 16.6. The highest BCUT2D eigenvalue weighted by molar-refractivity contribution is 6.06. The van der Waals surface area contributed by atoms with Crippen LogP contribution in [0.4, 0.5) is 5.69 Å². The summed E-state index contributed by atoms with van der Waals surface area (Å²) in [7, 11) is 2.77. The lowest BCUT2D eigenvalue weighted by Gasteiger charge is -2.19. The number of hydrogen-bond acceptors (Lipinski definition) is 6. The standard InChI is InChI=1S/C18H17NO6/c1-22-14-5-4-12(18(21)23-2)9-13(14)19-17(20)11-3-6-15-16(10-11)25-8-7-24-15/h3-6,9-10H,7-8H2,1-2H3,(H,19,20). The lowest BCUT2D eigenvalue weighted by atomic mass is 10.1. The molecule has 1 aliphatic heterocycles. The Kier molecular flexibility index (Phi) is 4.74. The van der Waals surface area contributed by atoms with Gasteiger partial charge in [-0.1, -0.05) is 0 Å². The fourth-order valence-corrected chi connectivity index (χ4v) is 2.43. The number of rotatable bonds is 4. The second-order valence-electron chi connectivity index (χ2n) is 5.22. The molecule has 0 saturated heterocycles. The minimum absolute atomic E-state index is 0.306. The molecule has 0 unspecified atom stereocenters. The van der Waals surface area contributed by atoms with Crippen molar-refractivity contribution >= 4 is 17.6 Å². The molecule has 0 radical (unpaired) electrons. The summed E-state index contributed by atoms with van der Waals surface area (Å²) in [6.07, 6.45) is 0. The summed E-state index contributed by atoms with van der Waals surface area (Å²) in [6.45, 7) is 0.920. The molecule has 0 bridgehead atoms. The van der Waals surface area contributed by atoms with Crippen molar-refractivity contribution in [1.82, 2.24) is 0 Å². The lowest BCUT2D eigenvalue weighted by Crippen LogP contribution is -2.17. The van der Waals surface area contributed by atoms with Crippen LogP contribution < -0.4 is 19.5 Å². The van der Waals surface area contributed by atoms with Gasteiger partial charge < -0.3 is 24.3 Å². The normalized spacial score (nSPS) is 12.2. The number of carbonyl (C=O) groups is 2. The number of esters is 1. The average Bonchev–Trinajstić information content (AvgIpc) is 2.66. The Labute approximate surface area is 144 Å². The Balaban J connectivity index is 1.86. The smallest absolute Gasteiger partial charge is 0.337 e. The van der Waals surface area contributed by atoms with Crippen molar-refractivity contribution in [2.45, 2.75) is 0 Å². The Morgan fingerprint density at radius 2 is 1.68 bits per heavy atom. The van der Waals surface area contributed by atoms with Crippen molar-refractivity contribution in [3.05, 3.63) is 47.5 Å². The number of fused-ring (bicyclic) bond motifs is 1. The minimum Gasteiger partial charge on any atom is -0.495 e. The second-order valence-corrected chi connectivity index (χ2v) is 5.22. The van der Waals surface area contributed by atoms with E-state index in [1.807, 2.05) is 0 Å². The van der Waals surface area contributed by atoms with Crippen molar-refractivity contribution in [3.8, 4) is 17.2 Å². The summed E-state index contributed by atoms with van der Waals surface area (Å²) in [5, 5.41) is 2.74. The van der Waals surface area contributed by atoms with Gasteiger partial charge in [-0.2, -0.15) is 0 Å². The number of carbonyl (C=O) groups excluding carboxylic acids is 2. The summed E-state index contributed by atoms with van der Waals surface area (Å²) < 4.78 is 20.8. The highest BCUT2D eigenvalue weighted by atomic mass is 16.6. The predicted octanol–water partition coefficient (Wildman–Crippen LogP) is 2.51. The first-order chi connectivity index (χ1) is 12.1. The summed E-state index contributed by atoms with van der Waals surface area (Å²) in [5.74, 6) is 0.690. The van der Waals surface area contributed by atoms with Gasteiger partial charge in [0.25, 0.3) is 5.91 Å². The van der Waals surface area contributed by atoms with E-state index in [1.165, 1.54) is 20.3 Å². The maximum absolute atomic E-state index is 12.5. The number of methoxy groups -OCH3 is 2. The van der Waals surface area contributed by atoms with Crippen LogP contribution in [0.1, 0.15) is 20.7 Å². The molecule has 7 heteroatoms. The molecule has 130 valence electrons. The minimum atomic E-state index is -0.502. The highest BCUT2D eigenvalue weighted by Crippen LogP contribution is 2.32. The second kappa shape index (κ2) is 7.12. The molecule has 0 saturated carbocycles. The third-order valence-electron chi connectivity index (χ3n) is 3.67. The third kappa shape index (κ3) is 3.50. The predicted molar refractivity (Wildman–Crippen MR) is 89.7 cm³/mol. The molecule has 7 nitrogen and oxygen atoms in total. The van der Waals surface area contributed by atoms with Gasteiger partial charge in [-0.15, -0.1) is 0 Å². The van der Waals surface area contributed by atoms with E-state index < -0.39 is 5.97 Å². The van der Waals surface area contributed by atoms with E-state index in [9.17, 15) is 9.59 Å². The van der Waals surface area contributed by atoms with Crippen LogP contribution in [-0.2, 0) is 4.74 Å². The van der Waals surface area contributed by atoms with Gasteiger partial charge in [-0.3, -0.25) is 4.79 Å². The number of nitrogens with one attached hydrogen (secondary N) is 1. The molecule has 1 amide bonds. The number of ether oxygens (including phenoxy) is 4. The summed E-state index contributed by atoms with van der Waals surface area (Å²) in [4.78, 5) is 24.2. The molecule has 1 heterocycles. The van der Waals surface area contributed by atoms with Crippen LogP contribution in [0.3, 0.4) is 0 Å². The van der Waals surface area contributed by atoms with E-state index in [1.54, 1.807) is 30.3 Å². The van der Waals surface area contributed by atoms with Gasteiger partial charge in [0.2, 0.25) is 0 Å². The molecular formula is C18H17NO6. The largest absolute Gasteiger partial charge is 0.495 e. The van der Waals surface area contributed by atoms with Gasteiger partial charge >= 0.3 is 5.97 Å². The van der Waals surface area contributed by atoms with Crippen molar-refractivity contribution in [2.24, 2.45) is 0 Å². The third-order valence-corrected chi connectivity index (χ3v) is 3.67. The molecule has 0 aliphatic carbocycles. The van der Waals surface area contributed by atoms with Gasteiger partial charge in [0.15, 0.2) is 11.5 Å². The highest BCUT2D eigenvalue weighted by Gasteiger charge is 2.17. The number of anilines is 1. The van der Waals surface area contributed by atoms with E-state index >= 15 is 0 Å². The van der Waals surface area contributed by atoms with Crippen LogP contribution in [0.2, 0.25) is 0 Å². The van der Waals surface area contributed by atoms with Crippen LogP contribution in [0, 0.1) is 0 Å². The molecule has 0 aromatic heterocycles. The van der Waals surface area contributed by atoms with E-state index in [0.717, 1.165) is 0 Å². The molecule has 1 aliphatic rings. The molecule has 1 N–H and O–H groups in total. The van der Waals surface area contributed by atoms with Crippen LogP contribution in [0.15, 0.2) is 36.4 Å². The monoisotopic (exact) mass is 343 g/mol. The Morgan fingerprint density at radius 1 is 0.960 bits per heavy atom. The van der Waals surface area contributed by atoms with Crippen LogP contribution in [0.5, 0.6) is 17.2 Å². The van der Waals surface area contributed by atoms with Crippen molar-refractivity contribution in [2.75, 3.05) is 32.8 Å². The molecule has 2 aromatic carbocycles. The quantitative estimate of drug-likeness (QED) is 0.859. The fourth-order valence-electron chi connectivity index (χ4n) is 2.43. The number of amides is 1. The first-order valence-electron chi connectivity index (χ1n) is 7.59. The molecule has 25 heavy (non-hydrogen) atoms. The van der Waals surface area contributed by atoms with Gasteiger partial charge in [0.05, 0.1) is 25.5 Å². The average molecular weight is 343 g/mol. The zero-order valence-electron chi connectivity index (χ0n) is 13.8. The van der Waals surface area contributed by atoms with Crippen molar-refractivity contribution in [3.63, 3.8) is 0 Å². The van der Waals surface area contributed by atoms with Gasteiger partial charge in [0, 0.05) is 5.56 Å². The number of hydrogen-bond donors (Lipinski definition) is 1. The number of benzene rings is 2. The Bertz CT molecular complexity index is 817. The summed E-state index contributed by atoms with van der Waals surface area (Å²) >= 11 is 0. The Morgan fingerprint density at radius 3 is 2.40 bits per heavy atom. The van der Waals surface area contributed by atoms with E-state index in [-0.39, 0.29) is 5.91 Å². The van der Waals surface area contributed by atoms with E-state index in [4.69, 9.17) is 18.9 Å². The molecule has 0 spiro atoms. The van der Waals surface area contributed by atoms with Gasteiger partial charge in [0.1, 0.15) is 19.0 Å². The van der Waals surface area contributed by atoms with E-state index in [2.05, 4.69) is 5.32 Å². The summed E-state index contributed by atoms with van der Waals surface area (Å²) in [5.41, 5.74) is 1.07. The van der Waals surface area contributed by atoms with Gasteiger partial charge in [-0.05, 0) is 36.4 Å². The molecule has 0 atom stereocenters.